The molecule has 5 N–H and O–H groups in total. The van der Waals surface area contributed by atoms with Crippen LogP contribution >= 0.6 is 24.8 Å². The van der Waals surface area contributed by atoms with Crippen molar-refractivity contribution >= 4 is 36.5 Å². The molecule has 1 aromatic heterocycles. The van der Waals surface area contributed by atoms with Crippen molar-refractivity contribution in [3.05, 3.63) is 42.1 Å². The maximum atomic E-state index is 12.0. The molecule has 144 valence electrons. The average molecular weight is 400 g/mol. The number of nitrogens with two attached hydrogens (primary N) is 2. The number of nitrogens with one attached hydrogen (secondary N) is 1. The highest BCUT2D eigenvalue weighted by Gasteiger charge is 2.27. The van der Waals surface area contributed by atoms with Gasteiger partial charge in [0.2, 0.25) is 5.91 Å². The van der Waals surface area contributed by atoms with Crippen molar-refractivity contribution in [3.8, 4) is 5.69 Å². The molecule has 1 aliphatic carbocycles. The second-order valence-corrected chi connectivity index (χ2v) is 6.47. The normalized spacial score (nSPS) is 18.7. The van der Waals surface area contributed by atoms with Gasteiger partial charge in [-0.15, -0.1) is 24.8 Å². The van der Waals surface area contributed by atoms with E-state index in [9.17, 15) is 4.79 Å². The molecule has 1 saturated carbocycles. The largest absolute Gasteiger partial charge is 0.384 e. The second kappa shape index (κ2) is 10.4. The third-order valence-corrected chi connectivity index (χ3v) is 4.54. The van der Waals surface area contributed by atoms with E-state index in [1.807, 2.05) is 36.4 Å². The Labute approximate surface area is 166 Å². The Bertz CT molecular complexity index is 692. The molecule has 2 atom stereocenters. The number of rotatable bonds is 6. The highest BCUT2D eigenvalue weighted by molar-refractivity contribution is 5.85. The summed E-state index contributed by atoms with van der Waals surface area (Å²) in [6, 6.07) is 11.9. The standard InChI is InChI=1S/C18H25N5O.2ClH/c19-14-9-8-13(11-14)18(24)21-10-4-5-15-12-17(20)23(22-15)16-6-2-1-3-7-16;;/h1-3,6-7,12-14H,4-5,8-11,19-20H2,(H,21,24);2*1H. The van der Waals surface area contributed by atoms with Crippen LogP contribution in [0.25, 0.3) is 5.69 Å². The molecule has 3 rings (SSSR count). The molecule has 2 unspecified atom stereocenters. The van der Waals surface area contributed by atoms with E-state index in [2.05, 4.69) is 10.4 Å². The van der Waals surface area contributed by atoms with Gasteiger partial charge in [0, 0.05) is 24.6 Å². The van der Waals surface area contributed by atoms with E-state index in [1.54, 1.807) is 4.68 Å². The van der Waals surface area contributed by atoms with E-state index in [4.69, 9.17) is 11.5 Å². The van der Waals surface area contributed by atoms with Gasteiger partial charge in [0.15, 0.2) is 0 Å². The first-order chi connectivity index (χ1) is 11.6. The average Bonchev–Trinajstić information content (AvgIpc) is 3.18. The van der Waals surface area contributed by atoms with Crippen LogP contribution in [0.1, 0.15) is 31.4 Å². The number of benzene rings is 1. The van der Waals surface area contributed by atoms with Gasteiger partial charge in [-0.1, -0.05) is 18.2 Å². The molecular formula is C18H27Cl2N5O. The van der Waals surface area contributed by atoms with Crippen molar-refractivity contribution in [2.24, 2.45) is 11.7 Å². The van der Waals surface area contributed by atoms with Crippen LogP contribution in [0, 0.1) is 5.92 Å². The molecule has 0 aliphatic heterocycles. The van der Waals surface area contributed by atoms with E-state index in [0.717, 1.165) is 43.5 Å². The molecule has 1 fully saturated rings. The van der Waals surface area contributed by atoms with E-state index in [-0.39, 0.29) is 42.7 Å². The van der Waals surface area contributed by atoms with Crippen molar-refractivity contribution in [2.75, 3.05) is 12.3 Å². The molecule has 6 nitrogen and oxygen atoms in total. The number of nitrogens with zero attached hydrogens (tertiary/aromatic N) is 2. The Morgan fingerprint density at radius 1 is 1.23 bits per heavy atom. The molecule has 0 radical (unpaired) electrons. The summed E-state index contributed by atoms with van der Waals surface area (Å²) < 4.78 is 1.74. The minimum Gasteiger partial charge on any atom is -0.384 e. The summed E-state index contributed by atoms with van der Waals surface area (Å²) in [4.78, 5) is 12.0. The molecule has 1 aliphatic rings. The lowest BCUT2D eigenvalue weighted by Crippen LogP contribution is -2.31. The fourth-order valence-corrected chi connectivity index (χ4v) is 3.23. The number of carbonyl (C=O) groups is 1. The van der Waals surface area contributed by atoms with E-state index in [0.29, 0.717) is 12.4 Å². The van der Waals surface area contributed by atoms with Crippen LogP contribution in [-0.4, -0.2) is 28.3 Å². The molecule has 1 heterocycles. The van der Waals surface area contributed by atoms with E-state index >= 15 is 0 Å². The van der Waals surface area contributed by atoms with Crippen LogP contribution in [-0.2, 0) is 11.2 Å². The summed E-state index contributed by atoms with van der Waals surface area (Å²) in [6.07, 6.45) is 4.30. The lowest BCUT2D eigenvalue weighted by molar-refractivity contribution is -0.124. The minimum atomic E-state index is 0. The Kier molecular flexibility index (Phi) is 8.92. The first kappa shape index (κ1) is 22.3. The van der Waals surface area contributed by atoms with Crippen LogP contribution in [0.15, 0.2) is 36.4 Å². The molecule has 0 bridgehead atoms. The fraction of sp³-hybridized carbons (Fsp3) is 0.444. The number of carbonyl (C=O) groups excluding carboxylic acids is 1. The van der Waals surface area contributed by atoms with Crippen molar-refractivity contribution < 1.29 is 4.79 Å². The van der Waals surface area contributed by atoms with Crippen molar-refractivity contribution in [2.45, 2.75) is 38.1 Å². The monoisotopic (exact) mass is 399 g/mol. The number of nitrogen functional groups attached to an aromatic ring is 1. The summed E-state index contributed by atoms with van der Waals surface area (Å²) in [6.45, 7) is 0.655. The first-order valence-electron chi connectivity index (χ1n) is 8.56. The third kappa shape index (κ3) is 5.62. The highest BCUT2D eigenvalue weighted by Crippen LogP contribution is 2.24. The van der Waals surface area contributed by atoms with Gasteiger partial charge in [-0.3, -0.25) is 4.79 Å². The maximum absolute atomic E-state index is 12.0. The third-order valence-electron chi connectivity index (χ3n) is 4.54. The maximum Gasteiger partial charge on any atom is 0.223 e. The first-order valence-corrected chi connectivity index (χ1v) is 8.56. The number of aryl methyl sites for hydroxylation is 1. The summed E-state index contributed by atoms with van der Waals surface area (Å²) in [5.74, 6) is 0.852. The van der Waals surface area contributed by atoms with E-state index < -0.39 is 0 Å². The van der Waals surface area contributed by atoms with Gasteiger partial charge in [-0.05, 0) is 44.2 Å². The predicted octanol–water partition coefficient (Wildman–Crippen LogP) is 2.47. The number of aromatic nitrogens is 2. The molecule has 0 spiro atoms. The Morgan fingerprint density at radius 2 is 1.96 bits per heavy atom. The van der Waals surface area contributed by atoms with Gasteiger partial charge in [0.05, 0.1) is 11.4 Å². The van der Waals surface area contributed by atoms with Crippen molar-refractivity contribution in [1.82, 2.24) is 15.1 Å². The highest BCUT2D eigenvalue weighted by atomic mass is 35.5. The number of anilines is 1. The van der Waals surface area contributed by atoms with E-state index in [1.165, 1.54) is 0 Å². The zero-order valence-electron chi connectivity index (χ0n) is 14.6. The van der Waals surface area contributed by atoms with Crippen LogP contribution in [0.4, 0.5) is 5.82 Å². The Morgan fingerprint density at radius 3 is 2.62 bits per heavy atom. The van der Waals surface area contributed by atoms with Gasteiger partial charge < -0.3 is 16.8 Å². The smallest absolute Gasteiger partial charge is 0.223 e. The summed E-state index contributed by atoms with van der Waals surface area (Å²) in [5, 5.41) is 7.55. The lowest BCUT2D eigenvalue weighted by Gasteiger charge is -2.10. The fourth-order valence-electron chi connectivity index (χ4n) is 3.23. The molecular weight excluding hydrogens is 373 g/mol. The topological polar surface area (TPSA) is 99.0 Å². The summed E-state index contributed by atoms with van der Waals surface area (Å²) in [7, 11) is 0. The number of amides is 1. The van der Waals surface area contributed by atoms with Crippen LogP contribution in [0.2, 0.25) is 0 Å². The van der Waals surface area contributed by atoms with Crippen molar-refractivity contribution in [1.29, 1.82) is 0 Å². The summed E-state index contributed by atoms with van der Waals surface area (Å²) in [5.41, 5.74) is 13.8. The zero-order valence-corrected chi connectivity index (χ0v) is 16.3. The van der Waals surface area contributed by atoms with Gasteiger partial charge >= 0.3 is 0 Å². The number of halogens is 2. The molecule has 26 heavy (non-hydrogen) atoms. The lowest BCUT2D eigenvalue weighted by atomic mass is 10.1. The quantitative estimate of drug-likeness (QED) is 0.649. The zero-order chi connectivity index (χ0) is 16.9. The van der Waals surface area contributed by atoms with Gasteiger partial charge in [0.1, 0.15) is 5.82 Å². The SMILES string of the molecule is Cl.Cl.Nc1cc(CCCNC(=O)C2CCC(N)C2)nn1-c1ccccc1. The van der Waals surface area contributed by atoms with Gasteiger partial charge in [0.25, 0.3) is 0 Å². The summed E-state index contributed by atoms with van der Waals surface area (Å²) >= 11 is 0. The Hall–Kier alpha value is -1.76. The van der Waals surface area contributed by atoms with Crippen molar-refractivity contribution in [3.63, 3.8) is 0 Å². The molecule has 8 heteroatoms. The van der Waals surface area contributed by atoms with Crippen LogP contribution < -0.4 is 16.8 Å². The number of hydrogen-bond acceptors (Lipinski definition) is 4. The van der Waals surface area contributed by atoms with Gasteiger partial charge in [-0.2, -0.15) is 5.10 Å². The molecule has 2 aromatic rings. The second-order valence-electron chi connectivity index (χ2n) is 6.47. The van der Waals surface area contributed by atoms with Crippen LogP contribution in [0.5, 0.6) is 0 Å². The Balaban J connectivity index is 0.00000169. The number of para-hydroxylation sites is 1. The molecule has 1 amide bonds. The predicted molar refractivity (Wildman–Crippen MR) is 109 cm³/mol. The van der Waals surface area contributed by atoms with Crippen LogP contribution in [0.3, 0.4) is 0 Å². The molecule has 0 saturated heterocycles. The molecule has 1 aromatic carbocycles. The minimum absolute atomic E-state index is 0. The number of hydrogen-bond donors (Lipinski definition) is 3. The van der Waals surface area contributed by atoms with Gasteiger partial charge in [-0.25, -0.2) is 4.68 Å².